The summed E-state index contributed by atoms with van der Waals surface area (Å²) in [6, 6.07) is 72.7. The van der Waals surface area contributed by atoms with Crippen molar-refractivity contribution in [3.63, 3.8) is 0 Å². The van der Waals surface area contributed by atoms with Gasteiger partial charge >= 0.3 is 5.97 Å². The topological polar surface area (TPSA) is 276 Å². The molecule has 0 aliphatic heterocycles. The standard InChI is InChI=1S/3C19H14F2O2.C19H12F2O2.3C5H8N2.2Fe.H2O/c4*20-14-8-4-12(5-9-14)16-2-1-3-17(18(16)19(22)23)13-6-10-15(21)11-7-13;3*1-4-3-5(2)7-6-4;;;/h3*1-11,19,22-23H;1-11H,(H,22,23);3*3H,1-2H3,(H,6,7);;;1H2. The van der Waals surface area contributed by atoms with Crippen molar-refractivity contribution < 1.29 is 115 Å². The van der Waals surface area contributed by atoms with Crippen molar-refractivity contribution in [3.05, 3.63) is 388 Å². The van der Waals surface area contributed by atoms with E-state index in [2.05, 4.69) is 30.6 Å². The van der Waals surface area contributed by atoms with Gasteiger partial charge < -0.3 is 41.2 Å². The minimum Gasteiger partial charge on any atom is -0.478 e. The Balaban J connectivity index is 0.000000219. The Bertz CT molecular complexity index is 4830. The normalized spacial score (nSPS) is 10.3. The van der Waals surface area contributed by atoms with Crippen molar-refractivity contribution >= 4 is 5.97 Å². The van der Waals surface area contributed by atoms with Crippen LogP contribution in [0, 0.1) is 88.1 Å². The fourth-order valence-corrected chi connectivity index (χ4v) is 12.0. The van der Waals surface area contributed by atoms with E-state index in [4.69, 9.17) is 0 Å². The van der Waals surface area contributed by atoms with Crippen LogP contribution in [0.1, 0.15) is 80.1 Å². The molecule has 0 radical (unpaired) electrons. The number of hydrogen-bond acceptors (Lipinski definition) is 10. The number of carboxylic acid groups (broad SMARTS) is 1. The molecule has 15 aromatic rings. The number of benzene rings is 12. The first-order chi connectivity index (χ1) is 54.1. The summed E-state index contributed by atoms with van der Waals surface area (Å²) in [6.07, 6.45) is -5.14. The van der Waals surface area contributed by atoms with Crippen LogP contribution in [-0.2, 0) is 34.1 Å². The van der Waals surface area contributed by atoms with Crippen LogP contribution in [0.2, 0.25) is 0 Å². The zero-order valence-electron chi connectivity index (χ0n) is 63.0. The predicted octanol–water partition coefficient (Wildman–Crippen LogP) is 20.1. The van der Waals surface area contributed by atoms with E-state index >= 15 is 0 Å². The Morgan fingerprint density at radius 2 is 0.414 bits per heavy atom. The first-order valence-electron chi connectivity index (χ1n) is 35.0. The molecule has 15 rings (SSSR count). The second-order valence-electron chi connectivity index (χ2n) is 25.6. The maximum Gasteiger partial charge on any atom is 0.336 e. The van der Waals surface area contributed by atoms with Gasteiger partial charge in [0.05, 0.1) is 22.6 Å². The molecule has 0 fully saturated rings. The molecule has 12 N–H and O–H groups in total. The molecule has 116 heavy (non-hydrogen) atoms. The summed E-state index contributed by atoms with van der Waals surface area (Å²) < 4.78 is 105. The number of rotatable bonds is 12. The molecule has 12 aromatic carbocycles. The zero-order valence-corrected chi connectivity index (χ0v) is 65.2. The molecular weight excluding hydrogens is 1580 g/mol. The van der Waals surface area contributed by atoms with Crippen molar-refractivity contribution in [3.8, 4) is 89.0 Å². The van der Waals surface area contributed by atoms with Crippen molar-refractivity contribution in [2.75, 3.05) is 0 Å². The van der Waals surface area contributed by atoms with Crippen LogP contribution in [0.5, 0.6) is 0 Å². The summed E-state index contributed by atoms with van der Waals surface area (Å²) in [5, 5.41) is 88.7. The molecule has 15 nitrogen and oxygen atoms in total. The maximum absolute atomic E-state index is 13.1. The fraction of sp³-hybridized carbons (Fsp3) is 0.0989. The van der Waals surface area contributed by atoms with E-state index in [0.29, 0.717) is 106 Å². The van der Waals surface area contributed by atoms with Gasteiger partial charge in [0.2, 0.25) is 0 Å². The maximum atomic E-state index is 13.1. The SMILES string of the molecule is Cc1cc(C)[nH]n1.Cc1cc(C)[nH]n1.Cc1cc(C)[nH]n1.O.O=C(O)c1c(-c2ccc(F)cc2)cccc1-c1ccc(F)cc1.OC(O)c1c(-c2ccc(F)cc2)cccc1-c1ccc(F)cc1.OC(O)c1c(-c2ccc(F)cc2)cccc1-c1ccc(F)cc1.OC(O)c1c(-c2ccc(F)cc2)cccc1-c1ccc(F)cc1.[Fe].[Fe]. The number of H-pyrrole nitrogens is 3. The molecule has 0 atom stereocenters. The quantitative estimate of drug-likeness (QED) is 0.0312. The average molecular weight is 1670 g/mol. The van der Waals surface area contributed by atoms with Gasteiger partial charge in [0.1, 0.15) is 46.5 Å². The Kier molecular flexibility index (Phi) is 35.6. The molecule has 0 saturated carbocycles. The molecule has 0 bridgehead atoms. The van der Waals surface area contributed by atoms with Crippen LogP contribution in [-0.4, -0.2) is 77.8 Å². The Morgan fingerprint density at radius 3 is 0.526 bits per heavy atom. The number of aliphatic hydroxyl groups excluding tert-OH is 3. The number of aromatic amines is 3. The molecule has 0 amide bonds. The van der Waals surface area contributed by atoms with E-state index in [1.54, 1.807) is 146 Å². The van der Waals surface area contributed by atoms with E-state index in [-0.39, 0.29) is 91.7 Å². The number of aryl methyl sites for hydroxylation is 6. The summed E-state index contributed by atoms with van der Waals surface area (Å²) in [5.41, 5.74) is 17.2. The third-order valence-electron chi connectivity index (χ3n) is 17.1. The van der Waals surface area contributed by atoms with E-state index in [0.717, 1.165) is 34.2 Å². The van der Waals surface area contributed by atoms with E-state index in [1.165, 1.54) is 121 Å². The molecule has 0 aliphatic rings. The van der Waals surface area contributed by atoms with Crippen LogP contribution < -0.4 is 0 Å². The Hall–Kier alpha value is -12.1. The number of carboxylic acids is 1. The van der Waals surface area contributed by atoms with Crippen LogP contribution in [0.4, 0.5) is 35.1 Å². The number of halogens is 8. The number of aliphatic hydroxyl groups is 6. The van der Waals surface area contributed by atoms with Gasteiger partial charge in [-0.2, -0.15) is 15.3 Å². The molecule has 0 spiro atoms. The Labute approximate surface area is 685 Å². The van der Waals surface area contributed by atoms with Crippen molar-refractivity contribution in [1.29, 1.82) is 0 Å². The van der Waals surface area contributed by atoms with Gasteiger partial charge in [-0.1, -0.05) is 170 Å². The van der Waals surface area contributed by atoms with E-state index < -0.39 is 24.8 Å². The molecular formula is C91H80F8Fe2N6O9. The smallest absolute Gasteiger partial charge is 0.336 e. The molecule has 0 saturated heterocycles. The summed E-state index contributed by atoms with van der Waals surface area (Å²) in [4.78, 5) is 11.8. The van der Waals surface area contributed by atoms with Gasteiger partial charge in [-0.3, -0.25) is 15.3 Å². The summed E-state index contributed by atoms with van der Waals surface area (Å²) in [5.74, 6) is -4.07. The number of carbonyl (C=O) groups is 1. The first-order valence-corrected chi connectivity index (χ1v) is 35.0. The number of nitrogens with one attached hydrogen (secondary N) is 3. The van der Waals surface area contributed by atoms with Gasteiger partial charge in [0.25, 0.3) is 0 Å². The number of hydrogen-bond donors (Lipinski definition) is 10. The number of aromatic carboxylic acids is 1. The van der Waals surface area contributed by atoms with Gasteiger partial charge in [0, 0.05) is 67.9 Å². The fourth-order valence-electron chi connectivity index (χ4n) is 12.0. The predicted molar refractivity (Wildman–Crippen MR) is 425 cm³/mol. The van der Waals surface area contributed by atoms with Crippen molar-refractivity contribution in [2.24, 2.45) is 0 Å². The minimum absolute atomic E-state index is 0. The summed E-state index contributed by atoms with van der Waals surface area (Å²) in [6.45, 7) is 11.8. The number of aromatic nitrogens is 6. The number of nitrogens with zero attached hydrogens (tertiary/aromatic N) is 3. The van der Waals surface area contributed by atoms with Gasteiger partial charge in [-0.05, 0) is 246 Å². The summed E-state index contributed by atoms with van der Waals surface area (Å²) in [7, 11) is 0. The molecule has 0 unspecified atom stereocenters. The second kappa shape index (κ2) is 44.6. The van der Waals surface area contributed by atoms with E-state index in [1.807, 2.05) is 59.7 Å². The molecule has 600 valence electrons. The van der Waals surface area contributed by atoms with Crippen LogP contribution >= 0.6 is 0 Å². The van der Waals surface area contributed by atoms with Gasteiger partial charge in [-0.25, -0.2) is 39.9 Å². The molecule has 3 aromatic heterocycles. The zero-order chi connectivity index (χ0) is 81.4. The monoisotopic (exact) mass is 1660 g/mol. The largest absolute Gasteiger partial charge is 0.478 e. The summed E-state index contributed by atoms with van der Waals surface area (Å²) >= 11 is 0. The first kappa shape index (κ1) is 92.8. The van der Waals surface area contributed by atoms with Crippen LogP contribution in [0.3, 0.4) is 0 Å². The molecule has 0 aliphatic carbocycles. The average Bonchev–Trinajstić information content (AvgIpc) is 0.925. The van der Waals surface area contributed by atoms with Crippen LogP contribution in [0.25, 0.3) is 89.0 Å². The van der Waals surface area contributed by atoms with Crippen LogP contribution in [0.15, 0.2) is 285 Å². The molecule has 3 heterocycles. The van der Waals surface area contributed by atoms with Crippen molar-refractivity contribution in [2.45, 2.75) is 60.4 Å². The van der Waals surface area contributed by atoms with Gasteiger partial charge in [0.15, 0.2) is 18.9 Å². The minimum atomic E-state index is -1.71. The molecule has 25 heteroatoms. The third-order valence-corrected chi connectivity index (χ3v) is 17.1. The van der Waals surface area contributed by atoms with Crippen molar-refractivity contribution in [1.82, 2.24) is 30.6 Å². The third kappa shape index (κ3) is 26.2. The van der Waals surface area contributed by atoms with E-state index in [9.17, 15) is 75.7 Å². The Morgan fingerprint density at radius 1 is 0.267 bits per heavy atom. The van der Waals surface area contributed by atoms with Gasteiger partial charge in [-0.15, -0.1) is 0 Å². The second-order valence-corrected chi connectivity index (χ2v) is 25.6.